The van der Waals surface area contributed by atoms with Gasteiger partial charge in [-0.25, -0.2) is 0 Å². The second kappa shape index (κ2) is 7.66. The number of imide groups is 2. The number of piperidine rings is 1. The summed E-state index contributed by atoms with van der Waals surface area (Å²) in [6, 6.07) is 3.39. The third kappa shape index (κ3) is 3.40. The highest BCUT2D eigenvalue weighted by atomic mass is 16.2. The van der Waals surface area contributed by atoms with Gasteiger partial charge in [-0.3, -0.25) is 34.2 Å². The van der Waals surface area contributed by atoms with Gasteiger partial charge in [-0.1, -0.05) is 19.8 Å². The van der Waals surface area contributed by atoms with Gasteiger partial charge < -0.3 is 5.32 Å². The molecule has 1 unspecified atom stereocenters. The Hall–Kier alpha value is -3.03. The van der Waals surface area contributed by atoms with Crippen molar-refractivity contribution < 1.29 is 24.0 Å². The molecule has 1 aromatic carbocycles. The van der Waals surface area contributed by atoms with Crippen molar-refractivity contribution in [3.8, 4) is 0 Å². The van der Waals surface area contributed by atoms with Crippen LogP contribution in [0.1, 0.15) is 82.9 Å². The number of hydrogen-bond acceptors (Lipinski definition) is 5. The molecule has 1 saturated heterocycles. The van der Waals surface area contributed by atoms with Crippen molar-refractivity contribution in [2.45, 2.75) is 57.9 Å². The van der Waals surface area contributed by atoms with Gasteiger partial charge in [-0.15, -0.1) is 0 Å². The van der Waals surface area contributed by atoms with Crippen LogP contribution in [-0.4, -0.2) is 47.0 Å². The van der Waals surface area contributed by atoms with E-state index in [1.165, 1.54) is 31.0 Å². The SMILES string of the molecule is CCC1(CNC(=O)c2ccc3c(c2)C(=O)N(C2CCC(=O)NC2=O)C3=O)CCCC1. The van der Waals surface area contributed by atoms with Crippen LogP contribution < -0.4 is 10.6 Å². The number of fused-ring (bicyclic) bond motifs is 1. The zero-order valence-electron chi connectivity index (χ0n) is 17.0. The number of hydrogen-bond donors (Lipinski definition) is 2. The summed E-state index contributed by atoms with van der Waals surface area (Å²) in [5.41, 5.74) is 0.732. The first-order valence-corrected chi connectivity index (χ1v) is 10.5. The van der Waals surface area contributed by atoms with Crippen LogP contribution in [0.3, 0.4) is 0 Å². The molecule has 1 aliphatic carbocycles. The Morgan fingerprint density at radius 3 is 2.50 bits per heavy atom. The fourth-order valence-corrected chi connectivity index (χ4v) is 4.76. The van der Waals surface area contributed by atoms with Crippen LogP contribution in [0.2, 0.25) is 0 Å². The van der Waals surface area contributed by atoms with Crippen LogP contribution in [0.15, 0.2) is 18.2 Å². The second-order valence-electron chi connectivity index (χ2n) is 8.45. The monoisotopic (exact) mass is 411 g/mol. The van der Waals surface area contributed by atoms with Crippen molar-refractivity contribution in [2.75, 3.05) is 6.54 Å². The topological polar surface area (TPSA) is 113 Å². The van der Waals surface area contributed by atoms with Gasteiger partial charge in [0.15, 0.2) is 0 Å². The summed E-state index contributed by atoms with van der Waals surface area (Å²) in [5, 5.41) is 5.15. The molecule has 30 heavy (non-hydrogen) atoms. The van der Waals surface area contributed by atoms with Gasteiger partial charge >= 0.3 is 0 Å². The first-order valence-electron chi connectivity index (χ1n) is 10.5. The van der Waals surface area contributed by atoms with Crippen LogP contribution in [0, 0.1) is 5.41 Å². The molecule has 1 atom stereocenters. The molecule has 158 valence electrons. The van der Waals surface area contributed by atoms with Crippen molar-refractivity contribution in [1.29, 1.82) is 0 Å². The minimum absolute atomic E-state index is 0.0661. The van der Waals surface area contributed by atoms with Crippen LogP contribution in [0.5, 0.6) is 0 Å². The van der Waals surface area contributed by atoms with E-state index in [1.807, 2.05) is 0 Å². The van der Waals surface area contributed by atoms with Gasteiger partial charge in [0.1, 0.15) is 6.04 Å². The summed E-state index contributed by atoms with van der Waals surface area (Å²) >= 11 is 0. The molecule has 8 heteroatoms. The number of carbonyl (C=O) groups excluding carboxylic acids is 5. The maximum Gasteiger partial charge on any atom is 0.262 e. The van der Waals surface area contributed by atoms with Crippen molar-refractivity contribution in [1.82, 2.24) is 15.5 Å². The first kappa shape index (κ1) is 20.3. The summed E-state index contributed by atoms with van der Waals surface area (Å²) in [6.07, 6.45) is 5.72. The zero-order chi connectivity index (χ0) is 21.5. The first-order chi connectivity index (χ1) is 14.3. The average molecular weight is 411 g/mol. The molecule has 0 radical (unpaired) electrons. The quantitative estimate of drug-likeness (QED) is 0.718. The predicted molar refractivity (Wildman–Crippen MR) is 107 cm³/mol. The summed E-state index contributed by atoms with van der Waals surface area (Å²) in [6.45, 7) is 2.73. The van der Waals surface area contributed by atoms with Crippen molar-refractivity contribution in [3.05, 3.63) is 34.9 Å². The molecule has 2 fully saturated rings. The van der Waals surface area contributed by atoms with Gasteiger partial charge in [0.25, 0.3) is 17.7 Å². The Balaban J connectivity index is 1.51. The van der Waals surface area contributed by atoms with Crippen molar-refractivity contribution in [3.63, 3.8) is 0 Å². The van der Waals surface area contributed by atoms with Gasteiger partial charge in [-0.05, 0) is 49.3 Å². The fourth-order valence-electron chi connectivity index (χ4n) is 4.76. The van der Waals surface area contributed by atoms with Crippen LogP contribution in [0.25, 0.3) is 0 Å². The number of carbonyl (C=O) groups is 5. The maximum absolute atomic E-state index is 12.9. The Labute approximate surface area is 174 Å². The molecule has 2 heterocycles. The third-order valence-corrected chi connectivity index (χ3v) is 6.74. The summed E-state index contributed by atoms with van der Waals surface area (Å²) in [7, 11) is 0. The van der Waals surface area contributed by atoms with E-state index in [1.54, 1.807) is 0 Å². The Morgan fingerprint density at radius 1 is 1.13 bits per heavy atom. The smallest absolute Gasteiger partial charge is 0.262 e. The van der Waals surface area contributed by atoms with Crippen LogP contribution in [-0.2, 0) is 9.59 Å². The zero-order valence-corrected chi connectivity index (χ0v) is 17.0. The van der Waals surface area contributed by atoms with E-state index in [2.05, 4.69) is 17.6 Å². The molecule has 5 amide bonds. The lowest BCUT2D eigenvalue weighted by atomic mass is 9.83. The molecular formula is C22H25N3O5. The second-order valence-corrected chi connectivity index (χ2v) is 8.45. The lowest BCUT2D eigenvalue weighted by molar-refractivity contribution is -0.136. The third-order valence-electron chi connectivity index (χ3n) is 6.74. The Kier molecular flexibility index (Phi) is 5.17. The largest absolute Gasteiger partial charge is 0.351 e. The number of amides is 5. The van der Waals surface area contributed by atoms with Gasteiger partial charge in [0.2, 0.25) is 11.8 Å². The summed E-state index contributed by atoms with van der Waals surface area (Å²) in [4.78, 5) is 62.7. The van der Waals surface area contributed by atoms with Gasteiger partial charge in [0.05, 0.1) is 11.1 Å². The molecule has 2 N–H and O–H groups in total. The highest BCUT2D eigenvalue weighted by molar-refractivity contribution is 6.24. The van der Waals surface area contributed by atoms with Crippen molar-refractivity contribution in [2.24, 2.45) is 5.41 Å². The van der Waals surface area contributed by atoms with E-state index >= 15 is 0 Å². The fraction of sp³-hybridized carbons (Fsp3) is 0.500. The van der Waals surface area contributed by atoms with E-state index in [0.29, 0.717) is 12.1 Å². The van der Waals surface area contributed by atoms with E-state index in [-0.39, 0.29) is 35.3 Å². The molecule has 1 aromatic rings. The normalized spacial score (nSPS) is 22.8. The van der Waals surface area contributed by atoms with Crippen molar-refractivity contribution >= 4 is 29.5 Å². The Bertz CT molecular complexity index is 948. The number of nitrogens with one attached hydrogen (secondary N) is 2. The molecule has 4 rings (SSSR count). The van der Waals surface area contributed by atoms with Crippen LogP contribution in [0.4, 0.5) is 0 Å². The van der Waals surface area contributed by atoms with E-state index in [4.69, 9.17) is 0 Å². The molecule has 0 aromatic heterocycles. The minimum atomic E-state index is -1.01. The van der Waals surface area contributed by atoms with Gasteiger partial charge in [0, 0.05) is 18.5 Å². The highest BCUT2D eigenvalue weighted by Gasteiger charge is 2.44. The molecule has 0 spiro atoms. The average Bonchev–Trinajstić information content (AvgIpc) is 3.31. The maximum atomic E-state index is 12.9. The summed E-state index contributed by atoms with van der Waals surface area (Å²) in [5.74, 6) is -2.54. The number of benzene rings is 1. The van der Waals surface area contributed by atoms with E-state index in [9.17, 15) is 24.0 Å². The molecule has 0 bridgehead atoms. The predicted octanol–water partition coefficient (Wildman–Crippen LogP) is 1.79. The molecule has 3 aliphatic rings. The summed E-state index contributed by atoms with van der Waals surface area (Å²) < 4.78 is 0. The number of nitrogens with zero attached hydrogens (tertiary/aromatic N) is 1. The lowest BCUT2D eigenvalue weighted by Gasteiger charge is -2.27. The number of rotatable bonds is 5. The highest BCUT2D eigenvalue weighted by Crippen LogP contribution is 2.40. The standard InChI is InChI=1S/C22H25N3O5/c1-2-22(9-3-4-10-22)12-23-18(27)13-5-6-14-15(11-13)21(30)25(20(14)29)16-7-8-17(26)24-19(16)28/h5-6,11,16H,2-4,7-10,12H2,1H3,(H,23,27)(H,24,26,28). The van der Waals surface area contributed by atoms with E-state index in [0.717, 1.165) is 24.2 Å². The molecular weight excluding hydrogens is 386 g/mol. The molecule has 1 saturated carbocycles. The van der Waals surface area contributed by atoms with E-state index < -0.39 is 29.7 Å². The Morgan fingerprint density at radius 2 is 1.83 bits per heavy atom. The molecule has 2 aliphatic heterocycles. The van der Waals surface area contributed by atoms with Gasteiger partial charge in [-0.2, -0.15) is 0 Å². The van der Waals surface area contributed by atoms with Crippen LogP contribution >= 0.6 is 0 Å². The minimum Gasteiger partial charge on any atom is -0.351 e. The lowest BCUT2D eigenvalue weighted by Crippen LogP contribution is -2.54. The molecule has 8 nitrogen and oxygen atoms in total.